The lowest BCUT2D eigenvalue weighted by Crippen LogP contribution is -2.50. The average molecular weight is 1310 g/mol. The molecule has 3 aromatic carbocycles. The van der Waals surface area contributed by atoms with Gasteiger partial charge in [0.05, 0.1) is 36.6 Å². The normalized spacial score (nSPS) is 13.9. The molecule has 0 radical (unpaired) electrons. The van der Waals surface area contributed by atoms with E-state index in [1.54, 1.807) is 74.8 Å². The van der Waals surface area contributed by atoms with E-state index in [-0.39, 0.29) is 102 Å². The molecule has 24 nitrogen and oxygen atoms in total. The van der Waals surface area contributed by atoms with Crippen LogP contribution in [0.4, 0.5) is 22.0 Å². The number of ether oxygens (including phenoxy) is 4. The lowest BCUT2D eigenvalue weighted by Gasteiger charge is -2.38. The van der Waals surface area contributed by atoms with Crippen molar-refractivity contribution in [2.24, 2.45) is 23.0 Å². The Hall–Kier alpha value is -9.55. The van der Waals surface area contributed by atoms with Gasteiger partial charge in [0.25, 0.3) is 0 Å². The third-order valence-corrected chi connectivity index (χ3v) is 16.7. The van der Waals surface area contributed by atoms with Crippen molar-refractivity contribution in [1.82, 2.24) is 30.2 Å². The number of esters is 2. The van der Waals surface area contributed by atoms with Crippen LogP contribution in [0.1, 0.15) is 140 Å². The number of ketones is 4. The number of urea groups is 1. The summed E-state index contributed by atoms with van der Waals surface area (Å²) in [6.07, 6.45) is 6.81. The molecule has 0 spiro atoms. The predicted octanol–water partition coefficient (Wildman–Crippen LogP) is 8.96. The number of rotatable bonds is 38. The summed E-state index contributed by atoms with van der Waals surface area (Å²) in [6, 6.07) is 23.2. The molecular weight excluding hydrogens is 1220 g/mol. The first-order valence-electron chi connectivity index (χ1n) is 32.4. The molecule has 506 valence electrons. The number of aromatic nitrogens is 4. The van der Waals surface area contributed by atoms with Crippen LogP contribution in [-0.2, 0) is 81.7 Å². The highest BCUT2D eigenvalue weighted by molar-refractivity contribution is 6.20. The first-order chi connectivity index (χ1) is 45.6. The van der Waals surface area contributed by atoms with E-state index >= 15 is 9.59 Å². The third kappa shape index (κ3) is 21.8. The van der Waals surface area contributed by atoms with Crippen LogP contribution in [0.25, 0.3) is 28.0 Å². The molecule has 3 heterocycles. The smallest absolute Gasteiger partial charge is 0.323 e. The van der Waals surface area contributed by atoms with Crippen LogP contribution in [0.2, 0.25) is 0 Å². The average Bonchev–Trinajstić information content (AvgIpc) is 1.64. The number of carbonyl (C=O) groups excluding carboxylic acids is 10. The summed E-state index contributed by atoms with van der Waals surface area (Å²) in [4.78, 5) is 152. The number of nitrogens with zero attached hydrogens (tertiary/aromatic N) is 4. The van der Waals surface area contributed by atoms with Crippen molar-refractivity contribution in [2.75, 3.05) is 49.8 Å². The van der Waals surface area contributed by atoms with Crippen LogP contribution in [0.5, 0.6) is 0 Å². The van der Waals surface area contributed by atoms with Gasteiger partial charge in [0.15, 0.2) is 29.1 Å². The topological polar surface area (TPSA) is 351 Å². The zero-order valence-electron chi connectivity index (χ0n) is 54.8. The number of pyridine rings is 2. The first kappa shape index (κ1) is 72.9. The van der Waals surface area contributed by atoms with E-state index in [0.29, 0.717) is 78.0 Å². The molecule has 95 heavy (non-hydrogen) atoms. The number of nitrogens with one attached hydrogen (secondary N) is 4. The molecule has 3 aromatic heterocycles. The van der Waals surface area contributed by atoms with Crippen molar-refractivity contribution in [3.63, 3.8) is 0 Å². The Balaban J connectivity index is 1.06. The van der Waals surface area contributed by atoms with Crippen molar-refractivity contribution in [3.8, 4) is 0 Å². The molecular formula is C71H88N10O14. The van der Waals surface area contributed by atoms with Gasteiger partial charge in [-0.25, -0.2) is 14.8 Å². The molecule has 1 aliphatic carbocycles. The van der Waals surface area contributed by atoms with E-state index in [1.165, 1.54) is 13.2 Å². The predicted molar refractivity (Wildman–Crippen MR) is 358 cm³/mol. The van der Waals surface area contributed by atoms with Crippen molar-refractivity contribution < 1.29 is 66.9 Å². The molecule has 0 aliphatic heterocycles. The van der Waals surface area contributed by atoms with Gasteiger partial charge in [0.2, 0.25) is 17.7 Å². The minimum Gasteiger partial charge on any atom is -0.463 e. The summed E-state index contributed by atoms with van der Waals surface area (Å²) in [7, 11) is 1.45. The minimum atomic E-state index is -2.03. The van der Waals surface area contributed by atoms with E-state index in [1.807, 2.05) is 60.9 Å². The number of aryl methyl sites for hydroxylation is 1. The molecule has 7 rings (SSSR count). The Labute approximate surface area is 552 Å². The van der Waals surface area contributed by atoms with Crippen LogP contribution in [-0.4, -0.2) is 123 Å². The number of imidazole rings is 1. The monoisotopic (exact) mass is 1300 g/mol. The molecule has 1 fully saturated rings. The largest absolute Gasteiger partial charge is 0.463 e. The maximum atomic E-state index is 15.1. The molecule has 24 heteroatoms. The lowest BCUT2D eigenvalue weighted by atomic mass is 9.64. The van der Waals surface area contributed by atoms with E-state index in [2.05, 4.69) is 31.2 Å². The van der Waals surface area contributed by atoms with Gasteiger partial charge >= 0.3 is 18.0 Å². The van der Waals surface area contributed by atoms with Crippen LogP contribution in [0, 0.1) is 24.2 Å². The number of hydrogen-bond acceptors (Lipinski definition) is 18. The Kier molecular flexibility index (Phi) is 27.3. The number of primary amides is 1. The molecule has 5 amide bonds. The number of hydrogen-bond donors (Lipinski definition) is 6. The first-order valence-corrected chi connectivity index (χ1v) is 32.4. The zero-order valence-corrected chi connectivity index (χ0v) is 54.8. The minimum absolute atomic E-state index is 0.0153. The van der Waals surface area contributed by atoms with Crippen molar-refractivity contribution in [1.29, 1.82) is 0 Å². The standard InChI is InChI=1S/C71H88N10O14/c1-6-93-44-58-80-63-64(52-21-9-11-23-54(52)77-66(63)72)81(58)45-70(3,4)95-61(87)33-31-56(83)62(67(73)89)65(88)71(34-13-7-14-35-71)42-57(84)55(24-16-25-60(86)94-39-38-92-5)78-68(90)49(20-12-15-37-75-59(85)32-28-48-19-17-36-74-43-48)41-51(82)40-47-26-29-50(30-27-47)76-69(91)79-53-22-10-8-18-46(53)2/h8-11,17-19,21-23,26-30,32,36,43,49,55,62H,6-7,12-16,20,24-25,31,33-35,37-42,44-45H2,1-5H3,(H2,72,77)(H2,73,89)(H,75,85)(H,78,90)(H2,76,79,91)/b32-28+/t49-,55-,62?/m0/s1. The van der Waals surface area contributed by atoms with Gasteiger partial charge in [-0.15, -0.1) is 0 Å². The second kappa shape index (κ2) is 35.6. The van der Waals surface area contributed by atoms with Crippen molar-refractivity contribution >= 4 is 104 Å². The van der Waals surface area contributed by atoms with E-state index in [0.717, 1.165) is 16.5 Å². The molecule has 1 saturated carbocycles. The number of fused-ring (bicyclic) bond motifs is 3. The third-order valence-electron chi connectivity index (χ3n) is 16.7. The number of amides is 5. The molecule has 0 bridgehead atoms. The van der Waals surface area contributed by atoms with Gasteiger partial charge in [-0.2, -0.15) is 0 Å². The van der Waals surface area contributed by atoms with Crippen LogP contribution in [0.3, 0.4) is 0 Å². The molecule has 1 unspecified atom stereocenters. The number of anilines is 3. The quantitative estimate of drug-likeness (QED) is 0.00911. The molecule has 3 atom stereocenters. The Morgan fingerprint density at radius 2 is 1.55 bits per heavy atom. The lowest BCUT2D eigenvalue weighted by molar-refractivity contribution is -0.159. The summed E-state index contributed by atoms with van der Waals surface area (Å²) in [5, 5.41) is 12.1. The molecule has 6 aromatic rings. The van der Waals surface area contributed by atoms with Crippen LogP contribution < -0.4 is 32.7 Å². The maximum Gasteiger partial charge on any atom is 0.323 e. The Morgan fingerprint density at radius 1 is 0.800 bits per heavy atom. The van der Waals surface area contributed by atoms with Crippen molar-refractivity contribution in [2.45, 2.75) is 155 Å². The highest BCUT2D eigenvalue weighted by atomic mass is 16.6. The number of nitrogen functional groups attached to an aromatic ring is 1. The number of methoxy groups -OCH3 is 1. The summed E-state index contributed by atoms with van der Waals surface area (Å²) in [5.41, 5.74) is 14.6. The van der Waals surface area contributed by atoms with E-state index < -0.39 is 95.3 Å². The Bertz CT molecular complexity index is 3710. The maximum absolute atomic E-state index is 15.1. The highest BCUT2D eigenvalue weighted by Gasteiger charge is 2.49. The van der Waals surface area contributed by atoms with Crippen LogP contribution in [0.15, 0.2) is 103 Å². The second-order valence-electron chi connectivity index (χ2n) is 24.6. The highest BCUT2D eigenvalue weighted by Crippen LogP contribution is 2.43. The van der Waals surface area contributed by atoms with Gasteiger partial charge in [-0.3, -0.25) is 48.1 Å². The number of benzene rings is 3. The van der Waals surface area contributed by atoms with E-state index in [9.17, 15) is 38.4 Å². The fraction of sp³-hybridized carbons (Fsp3) is 0.451. The second-order valence-corrected chi connectivity index (χ2v) is 24.6. The molecule has 8 N–H and O–H groups in total. The molecule has 0 saturated heterocycles. The SMILES string of the molecule is CCOCc1nc2c(N)nc3ccccc3c2n1CC(C)(C)OC(=O)CCC(=O)C(C(N)=O)C(=O)C1(CC(=O)[C@H](CCCC(=O)OCCOC)NC(=O)[C@@H](CCCCNC(=O)/C=C/c2cccnc2)CC(=O)Cc2ccc(NC(=O)Nc3ccccc3C)cc2)CCCCC1. The number of Topliss-reactive ketones (excluding diaryl/α,β-unsaturated/α-hetero) is 4. The number of nitrogens with two attached hydrogens (primary N) is 2. The number of para-hydroxylation sites is 2. The number of carbonyl (C=O) groups is 10. The fourth-order valence-corrected chi connectivity index (χ4v) is 11.9. The van der Waals surface area contributed by atoms with E-state index in [4.69, 9.17) is 35.4 Å². The summed E-state index contributed by atoms with van der Waals surface area (Å²) >= 11 is 0. The summed E-state index contributed by atoms with van der Waals surface area (Å²) in [5.74, 6) is -8.65. The van der Waals surface area contributed by atoms with Gasteiger partial charge in [-0.05, 0) is 119 Å². The molecule has 1 aliphatic rings. The van der Waals surface area contributed by atoms with Gasteiger partial charge in [-0.1, -0.05) is 80.3 Å². The van der Waals surface area contributed by atoms with Gasteiger partial charge in [0.1, 0.15) is 35.9 Å². The van der Waals surface area contributed by atoms with Gasteiger partial charge < -0.3 is 56.2 Å². The van der Waals surface area contributed by atoms with Gasteiger partial charge in [0, 0.05) is 98.9 Å². The fourth-order valence-electron chi connectivity index (χ4n) is 11.9. The Morgan fingerprint density at radius 3 is 2.26 bits per heavy atom. The van der Waals surface area contributed by atoms with Crippen LogP contribution >= 0.6 is 0 Å². The zero-order chi connectivity index (χ0) is 68.5. The summed E-state index contributed by atoms with van der Waals surface area (Å²) in [6.45, 7) is 8.07. The van der Waals surface area contributed by atoms with Crippen molar-refractivity contribution in [3.05, 3.63) is 126 Å². The summed E-state index contributed by atoms with van der Waals surface area (Å²) < 4.78 is 23.9. The number of unbranched alkanes of at least 4 members (excludes halogenated alkanes) is 1.